The van der Waals surface area contributed by atoms with Crippen molar-refractivity contribution in [3.8, 4) is 0 Å². The normalized spacial score (nSPS) is 22.3. The van der Waals surface area contributed by atoms with Crippen molar-refractivity contribution < 1.29 is 14.7 Å². The van der Waals surface area contributed by atoms with Crippen molar-refractivity contribution in [1.29, 1.82) is 0 Å². The second kappa shape index (κ2) is 8.29. The fourth-order valence-electron chi connectivity index (χ4n) is 3.14. The second-order valence-electron chi connectivity index (χ2n) is 6.56. The number of hydrogen-bond donors (Lipinski definition) is 3. The molecule has 2 amide bonds. The third-order valence-corrected chi connectivity index (χ3v) is 4.92. The number of carbonyl (C=O) groups is 2. The molecule has 1 rings (SSSR count). The molecule has 5 heteroatoms. The molecule has 1 aliphatic rings. The average molecular weight is 322 g/mol. The Bertz CT molecular complexity index is 451. The summed E-state index contributed by atoms with van der Waals surface area (Å²) in [7, 11) is 0. The fourth-order valence-corrected chi connectivity index (χ4v) is 3.14. The lowest BCUT2D eigenvalue weighted by atomic mass is 9.87. The molecule has 1 aliphatic heterocycles. The van der Waals surface area contributed by atoms with Crippen LogP contribution in [0.4, 0.5) is 0 Å². The van der Waals surface area contributed by atoms with Crippen LogP contribution in [0.15, 0.2) is 25.3 Å². The Morgan fingerprint density at radius 2 is 2.09 bits per heavy atom. The van der Waals surface area contributed by atoms with Gasteiger partial charge in [0.15, 0.2) is 0 Å². The lowest BCUT2D eigenvalue weighted by Crippen LogP contribution is -2.51. The van der Waals surface area contributed by atoms with Gasteiger partial charge in [0, 0.05) is 18.4 Å². The predicted molar refractivity (Wildman–Crippen MR) is 91.8 cm³/mol. The molecule has 0 saturated carbocycles. The minimum Gasteiger partial charge on any atom is -0.387 e. The van der Waals surface area contributed by atoms with Gasteiger partial charge in [0.1, 0.15) is 0 Å². The van der Waals surface area contributed by atoms with Crippen LogP contribution in [0.5, 0.6) is 0 Å². The number of nitrogens with one attached hydrogen (secondary N) is 2. The van der Waals surface area contributed by atoms with Gasteiger partial charge in [-0.1, -0.05) is 19.1 Å². The zero-order valence-electron chi connectivity index (χ0n) is 14.4. The van der Waals surface area contributed by atoms with Crippen LogP contribution in [0.2, 0.25) is 0 Å². The van der Waals surface area contributed by atoms with E-state index in [-0.39, 0.29) is 17.4 Å². The molecule has 2 atom stereocenters. The summed E-state index contributed by atoms with van der Waals surface area (Å²) in [4.78, 5) is 23.7. The summed E-state index contributed by atoms with van der Waals surface area (Å²) in [6, 6.07) is -0.401. The Hall–Kier alpha value is -1.62. The van der Waals surface area contributed by atoms with E-state index in [0.29, 0.717) is 32.1 Å². The first-order chi connectivity index (χ1) is 10.8. The molecule has 0 aliphatic carbocycles. The molecule has 1 saturated heterocycles. The van der Waals surface area contributed by atoms with Crippen molar-refractivity contribution in [1.82, 2.24) is 10.6 Å². The van der Waals surface area contributed by atoms with E-state index in [0.717, 1.165) is 12.8 Å². The first-order valence-corrected chi connectivity index (χ1v) is 8.35. The highest BCUT2D eigenvalue weighted by Crippen LogP contribution is 2.28. The lowest BCUT2D eigenvalue weighted by Gasteiger charge is -2.33. The van der Waals surface area contributed by atoms with Crippen molar-refractivity contribution in [2.45, 2.75) is 76.0 Å². The molecule has 5 nitrogen and oxygen atoms in total. The van der Waals surface area contributed by atoms with Crippen molar-refractivity contribution in [3.63, 3.8) is 0 Å². The quantitative estimate of drug-likeness (QED) is 0.540. The van der Waals surface area contributed by atoms with Crippen molar-refractivity contribution in [2.24, 2.45) is 0 Å². The first-order valence-electron chi connectivity index (χ1n) is 8.35. The van der Waals surface area contributed by atoms with E-state index in [1.165, 1.54) is 0 Å². The maximum Gasteiger partial charge on any atom is 0.220 e. The van der Waals surface area contributed by atoms with E-state index in [1.54, 1.807) is 19.1 Å². The van der Waals surface area contributed by atoms with Gasteiger partial charge in [0.2, 0.25) is 11.8 Å². The topological polar surface area (TPSA) is 78.4 Å². The molecule has 2 unspecified atom stereocenters. The molecular weight excluding hydrogens is 292 g/mol. The Balaban J connectivity index is 2.56. The van der Waals surface area contributed by atoms with E-state index in [1.807, 2.05) is 6.92 Å². The summed E-state index contributed by atoms with van der Waals surface area (Å²) in [5, 5.41) is 16.5. The van der Waals surface area contributed by atoms with Crippen LogP contribution < -0.4 is 10.6 Å². The first kappa shape index (κ1) is 19.4. The SMILES string of the molecule is C=CCC(O)(CC=C)C(C)NC(=O)CCC1(CC)CCC(=O)N1. The molecule has 0 spiro atoms. The highest BCUT2D eigenvalue weighted by atomic mass is 16.3. The van der Waals surface area contributed by atoms with Crippen LogP contribution >= 0.6 is 0 Å². The summed E-state index contributed by atoms with van der Waals surface area (Å²) in [6.45, 7) is 11.1. The lowest BCUT2D eigenvalue weighted by molar-refractivity contribution is -0.125. The molecule has 1 heterocycles. The minimum absolute atomic E-state index is 0.0620. The van der Waals surface area contributed by atoms with E-state index in [9.17, 15) is 14.7 Å². The van der Waals surface area contributed by atoms with Crippen LogP contribution in [-0.4, -0.2) is 34.1 Å². The maximum absolute atomic E-state index is 12.2. The van der Waals surface area contributed by atoms with Crippen LogP contribution in [0.1, 0.15) is 58.8 Å². The monoisotopic (exact) mass is 322 g/mol. The van der Waals surface area contributed by atoms with Gasteiger partial charge in [0.05, 0.1) is 11.6 Å². The standard InChI is InChI=1S/C18H30N2O3/c1-5-10-18(23,11-6-2)14(4)19-15(21)8-12-17(7-3)13-9-16(22)20-17/h5-6,14,23H,1-2,7-13H2,3-4H3,(H,19,21)(H,20,22). The summed E-state index contributed by atoms with van der Waals surface area (Å²) in [6.07, 6.45) is 7.14. The van der Waals surface area contributed by atoms with Gasteiger partial charge >= 0.3 is 0 Å². The van der Waals surface area contributed by atoms with E-state index < -0.39 is 11.6 Å². The van der Waals surface area contributed by atoms with Gasteiger partial charge in [-0.25, -0.2) is 0 Å². The smallest absolute Gasteiger partial charge is 0.220 e. The van der Waals surface area contributed by atoms with Gasteiger partial charge < -0.3 is 15.7 Å². The Labute approximate surface area is 139 Å². The molecule has 0 aromatic heterocycles. The Morgan fingerprint density at radius 1 is 1.48 bits per heavy atom. The van der Waals surface area contributed by atoms with Gasteiger partial charge in [-0.05, 0) is 39.0 Å². The number of carbonyl (C=O) groups excluding carboxylic acids is 2. The zero-order chi connectivity index (χ0) is 17.5. The number of hydrogen-bond acceptors (Lipinski definition) is 3. The van der Waals surface area contributed by atoms with Crippen LogP contribution in [0.25, 0.3) is 0 Å². The third-order valence-electron chi connectivity index (χ3n) is 4.92. The summed E-state index contributed by atoms with van der Waals surface area (Å²) in [5.41, 5.74) is -1.32. The van der Waals surface area contributed by atoms with Gasteiger partial charge in [-0.15, -0.1) is 13.2 Å². The number of rotatable bonds is 10. The van der Waals surface area contributed by atoms with Crippen LogP contribution in [-0.2, 0) is 9.59 Å². The molecule has 3 N–H and O–H groups in total. The van der Waals surface area contributed by atoms with E-state index in [4.69, 9.17) is 0 Å². The van der Waals surface area contributed by atoms with Crippen LogP contribution in [0.3, 0.4) is 0 Å². The van der Waals surface area contributed by atoms with Crippen molar-refractivity contribution >= 4 is 11.8 Å². The number of aliphatic hydroxyl groups is 1. The predicted octanol–water partition coefficient (Wildman–Crippen LogP) is 2.21. The largest absolute Gasteiger partial charge is 0.387 e. The van der Waals surface area contributed by atoms with Crippen LogP contribution in [0, 0.1) is 0 Å². The average Bonchev–Trinajstić information content (AvgIpc) is 2.88. The number of amides is 2. The van der Waals surface area contributed by atoms with E-state index >= 15 is 0 Å². The Morgan fingerprint density at radius 3 is 2.52 bits per heavy atom. The maximum atomic E-state index is 12.2. The molecule has 1 fully saturated rings. The molecular formula is C18H30N2O3. The summed E-state index contributed by atoms with van der Waals surface area (Å²) >= 11 is 0. The fraction of sp³-hybridized carbons (Fsp3) is 0.667. The zero-order valence-corrected chi connectivity index (χ0v) is 14.4. The Kier molecular flexibility index (Phi) is 7.01. The molecule has 0 aromatic carbocycles. The second-order valence-corrected chi connectivity index (χ2v) is 6.56. The van der Waals surface area contributed by atoms with Gasteiger partial charge in [-0.3, -0.25) is 9.59 Å². The van der Waals surface area contributed by atoms with Gasteiger partial charge in [0.25, 0.3) is 0 Å². The van der Waals surface area contributed by atoms with E-state index in [2.05, 4.69) is 23.8 Å². The minimum atomic E-state index is -1.07. The van der Waals surface area contributed by atoms with Crippen molar-refractivity contribution in [2.75, 3.05) is 0 Å². The van der Waals surface area contributed by atoms with Gasteiger partial charge in [-0.2, -0.15) is 0 Å². The molecule has 0 bridgehead atoms. The summed E-state index contributed by atoms with van der Waals surface area (Å²) < 4.78 is 0. The summed E-state index contributed by atoms with van der Waals surface area (Å²) in [5.74, 6) is -0.0509. The molecule has 130 valence electrons. The molecule has 0 radical (unpaired) electrons. The molecule has 23 heavy (non-hydrogen) atoms. The highest BCUT2D eigenvalue weighted by Gasteiger charge is 2.37. The third kappa shape index (κ3) is 5.20. The highest BCUT2D eigenvalue weighted by molar-refractivity contribution is 5.80. The van der Waals surface area contributed by atoms with Crippen molar-refractivity contribution in [3.05, 3.63) is 25.3 Å². The molecule has 0 aromatic rings.